The summed E-state index contributed by atoms with van der Waals surface area (Å²) in [5.74, 6) is 0.684. The fourth-order valence-electron chi connectivity index (χ4n) is 4.95. The van der Waals surface area contributed by atoms with E-state index in [1.54, 1.807) is 0 Å². The van der Waals surface area contributed by atoms with Crippen molar-refractivity contribution in [3.8, 4) is 0 Å². The minimum Gasteiger partial charge on any atom is -0.465 e. The summed E-state index contributed by atoms with van der Waals surface area (Å²) in [7, 11) is -4.08. The van der Waals surface area contributed by atoms with Gasteiger partial charge in [0, 0.05) is 30.1 Å². The highest BCUT2D eigenvalue weighted by Gasteiger charge is 2.48. The van der Waals surface area contributed by atoms with Gasteiger partial charge in [-0.1, -0.05) is 44.6 Å². The summed E-state index contributed by atoms with van der Waals surface area (Å²) in [6.07, 6.45) is 4.62. The Bertz CT molecular complexity index is 1240. The minimum absolute atomic E-state index is 0.00906. The topological polar surface area (TPSA) is 128 Å². The number of alkyl halides is 3. The van der Waals surface area contributed by atoms with E-state index in [1.165, 1.54) is 19.3 Å². The van der Waals surface area contributed by atoms with Gasteiger partial charge in [-0.05, 0) is 49.5 Å². The highest BCUT2D eigenvalue weighted by Crippen LogP contribution is 2.36. The Hall–Kier alpha value is -2.93. The van der Waals surface area contributed by atoms with Gasteiger partial charge in [0.15, 0.2) is 0 Å². The van der Waals surface area contributed by atoms with E-state index in [0.717, 1.165) is 54.6 Å². The molecule has 2 aliphatic heterocycles. The number of hydrogen-bond donors (Lipinski definition) is 3. The highest BCUT2D eigenvalue weighted by molar-refractivity contribution is 7.92. The van der Waals surface area contributed by atoms with Crippen LogP contribution in [0.15, 0.2) is 28.6 Å². The number of halogens is 3. The Kier molecular flexibility index (Phi) is 8.69. The number of piperidine rings is 1. The zero-order valence-corrected chi connectivity index (χ0v) is 22.3. The van der Waals surface area contributed by atoms with Gasteiger partial charge in [-0.3, -0.25) is 15.1 Å². The van der Waals surface area contributed by atoms with Crippen LogP contribution in [0.1, 0.15) is 75.3 Å². The highest BCUT2D eigenvalue weighted by atomic mass is 32.2. The maximum absolute atomic E-state index is 13.5. The Balaban J connectivity index is 0.00000110. The van der Waals surface area contributed by atoms with Gasteiger partial charge in [0.1, 0.15) is 11.4 Å². The summed E-state index contributed by atoms with van der Waals surface area (Å²) in [5, 5.41) is 14.2. The third kappa shape index (κ3) is 7.38. The van der Waals surface area contributed by atoms with Crippen molar-refractivity contribution < 1.29 is 36.3 Å². The molecule has 0 radical (unpaired) electrons. The molecule has 39 heavy (non-hydrogen) atoms. The van der Waals surface area contributed by atoms with Crippen LogP contribution in [0.25, 0.3) is 6.08 Å². The molecule has 0 atom stereocenters. The molecule has 1 saturated heterocycles. The monoisotopic (exact) mass is 570 g/mol. The number of benzene rings is 1. The quantitative estimate of drug-likeness (QED) is 0.448. The van der Waals surface area contributed by atoms with Crippen molar-refractivity contribution in [3.63, 3.8) is 0 Å². The zero-order chi connectivity index (χ0) is 28.3. The van der Waals surface area contributed by atoms with Crippen LogP contribution in [0.5, 0.6) is 0 Å². The first-order chi connectivity index (χ1) is 18.4. The van der Waals surface area contributed by atoms with Crippen molar-refractivity contribution in [2.75, 3.05) is 18.4 Å². The van der Waals surface area contributed by atoms with Gasteiger partial charge >= 0.3 is 12.3 Å². The number of amidine groups is 1. The number of carbonyl (C=O) groups is 2. The normalized spacial score (nSPS) is 21.7. The Labute approximate surface area is 225 Å². The lowest BCUT2D eigenvalue weighted by molar-refractivity contribution is -0.137. The van der Waals surface area contributed by atoms with Crippen LogP contribution in [-0.2, 0) is 21.0 Å². The molecule has 5 rings (SSSR count). The lowest BCUT2D eigenvalue weighted by Crippen LogP contribution is -2.50. The second-order valence-electron chi connectivity index (χ2n) is 10.4. The molecule has 1 spiro atoms. The number of nitrogens with zero attached hydrogens (tertiary/aromatic N) is 2. The summed E-state index contributed by atoms with van der Waals surface area (Å²) >= 11 is 0. The average molecular weight is 571 g/mol. The van der Waals surface area contributed by atoms with E-state index in [0.29, 0.717) is 17.3 Å². The van der Waals surface area contributed by atoms with Crippen molar-refractivity contribution in [2.24, 2.45) is 10.9 Å². The molecule has 2 aliphatic carbocycles. The first-order valence-corrected chi connectivity index (χ1v) is 14.7. The third-order valence-electron chi connectivity index (χ3n) is 7.28. The molecule has 0 aromatic heterocycles. The van der Waals surface area contributed by atoms with Crippen LogP contribution in [0.2, 0.25) is 0 Å². The van der Waals surface area contributed by atoms with Crippen LogP contribution >= 0.6 is 0 Å². The lowest BCUT2D eigenvalue weighted by Gasteiger charge is -2.34. The van der Waals surface area contributed by atoms with Crippen LogP contribution in [0.3, 0.4) is 0 Å². The van der Waals surface area contributed by atoms with Crippen LogP contribution in [0, 0.1) is 5.92 Å². The SMILES string of the molecule is C1CC1.O=C(O)Nc1ccc(/C=C/S(=O)(=O)N2CCC3(CC2)N=C(C2CCCCC2)NC3=O)c(C(F)(F)F)c1. The summed E-state index contributed by atoms with van der Waals surface area (Å²) in [6, 6.07) is 2.71. The average Bonchev–Trinajstić information content (AvgIpc) is 3.74. The summed E-state index contributed by atoms with van der Waals surface area (Å²) in [6.45, 7) is 0.0181. The molecule has 214 valence electrons. The van der Waals surface area contributed by atoms with E-state index in [4.69, 9.17) is 10.1 Å². The molecule has 1 aromatic rings. The Morgan fingerprint density at radius 1 is 1.10 bits per heavy atom. The number of amides is 2. The number of rotatable bonds is 5. The Morgan fingerprint density at radius 2 is 1.72 bits per heavy atom. The van der Waals surface area contributed by atoms with Crippen LogP contribution in [-0.4, -0.2) is 54.3 Å². The van der Waals surface area contributed by atoms with Gasteiger partial charge in [-0.25, -0.2) is 13.2 Å². The summed E-state index contributed by atoms with van der Waals surface area (Å²) < 4.78 is 67.3. The zero-order valence-electron chi connectivity index (χ0n) is 21.5. The predicted molar refractivity (Wildman–Crippen MR) is 141 cm³/mol. The van der Waals surface area contributed by atoms with Crippen molar-refractivity contribution in [1.82, 2.24) is 9.62 Å². The van der Waals surface area contributed by atoms with Crippen molar-refractivity contribution in [1.29, 1.82) is 0 Å². The van der Waals surface area contributed by atoms with Gasteiger partial charge in [-0.2, -0.15) is 17.5 Å². The molecular weight excluding hydrogens is 537 g/mol. The van der Waals surface area contributed by atoms with E-state index in [1.807, 2.05) is 5.32 Å². The number of carboxylic acid groups (broad SMARTS) is 1. The molecule has 2 heterocycles. The van der Waals surface area contributed by atoms with Crippen molar-refractivity contribution in [2.45, 2.75) is 75.9 Å². The second kappa shape index (κ2) is 11.7. The van der Waals surface area contributed by atoms with E-state index in [-0.39, 0.29) is 43.4 Å². The maximum atomic E-state index is 13.5. The fourth-order valence-corrected chi connectivity index (χ4v) is 6.14. The minimum atomic E-state index is -4.83. The predicted octanol–water partition coefficient (Wildman–Crippen LogP) is 5.21. The van der Waals surface area contributed by atoms with Gasteiger partial charge in [0.05, 0.1) is 5.56 Å². The molecule has 9 nitrogen and oxygen atoms in total. The number of sulfonamides is 1. The summed E-state index contributed by atoms with van der Waals surface area (Å²) in [4.78, 5) is 28.2. The number of nitrogens with one attached hydrogen (secondary N) is 2. The smallest absolute Gasteiger partial charge is 0.417 e. The van der Waals surface area contributed by atoms with Gasteiger partial charge < -0.3 is 10.4 Å². The van der Waals surface area contributed by atoms with Crippen molar-refractivity contribution in [3.05, 3.63) is 34.7 Å². The van der Waals surface area contributed by atoms with Gasteiger partial charge in [0.25, 0.3) is 5.91 Å². The largest absolute Gasteiger partial charge is 0.465 e. The molecule has 0 unspecified atom stereocenters. The fraction of sp³-hybridized carbons (Fsp3) is 0.577. The van der Waals surface area contributed by atoms with E-state index in [9.17, 15) is 31.2 Å². The molecule has 13 heteroatoms. The third-order valence-corrected chi connectivity index (χ3v) is 8.85. The van der Waals surface area contributed by atoms with E-state index < -0.39 is 39.0 Å². The molecular formula is C26H33F3N4O5S. The van der Waals surface area contributed by atoms with E-state index >= 15 is 0 Å². The maximum Gasteiger partial charge on any atom is 0.417 e. The molecule has 0 bridgehead atoms. The van der Waals surface area contributed by atoms with Crippen LogP contribution in [0.4, 0.5) is 23.7 Å². The number of carbonyl (C=O) groups excluding carboxylic acids is 1. The molecule has 2 amide bonds. The van der Waals surface area contributed by atoms with E-state index in [2.05, 4.69) is 5.32 Å². The molecule has 3 fully saturated rings. The molecule has 1 aromatic carbocycles. The first kappa shape index (κ1) is 29.1. The molecule has 2 saturated carbocycles. The Morgan fingerprint density at radius 3 is 2.28 bits per heavy atom. The van der Waals surface area contributed by atoms with Crippen molar-refractivity contribution >= 4 is 39.6 Å². The van der Waals surface area contributed by atoms with Gasteiger partial charge in [0.2, 0.25) is 10.0 Å². The number of hydrogen-bond acceptors (Lipinski definition) is 5. The van der Waals surface area contributed by atoms with Gasteiger partial charge in [-0.15, -0.1) is 0 Å². The van der Waals surface area contributed by atoms with Crippen LogP contribution < -0.4 is 10.6 Å². The second-order valence-corrected chi connectivity index (χ2v) is 12.2. The number of aliphatic imine (C=N–C) groups is 1. The lowest BCUT2D eigenvalue weighted by atomic mass is 9.88. The molecule has 4 aliphatic rings. The number of anilines is 1. The first-order valence-electron chi connectivity index (χ1n) is 13.2. The standard InChI is InChI=1S/C23H27F3N4O5S.C3H6/c24-23(25,26)18-14-17(27-21(32)33)7-6-15(18)8-13-36(34,35)30-11-9-22(10-12-30)20(31)28-19(29-22)16-4-2-1-3-5-16;1-2-3-1/h6-8,13-14,16,27H,1-5,9-12H2,(H,32,33)(H,28,29,31);1-3H2/b13-8+;. The molecule has 3 N–H and O–H groups in total. The summed E-state index contributed by atoms with van der Waals surface area (Å²) in [5.41, 5.74) is -2.89.